The van der Waals surface area contributed by atoms with E-state index >= 15 is 0 Å². The predicted octanol–water partition coefficient (Wildman–Crippen LogP) is 3.93. The molecule has 0 saturated carbocycles. The van der Waals surface area contributed by atoms with Crippen LogP contribution >= 0.6 is 0 Å². The van der Waals surface area contributed by atoms with Crippen molar-refractivity contribution in [3.8, 4) is 0 Å². The SMILES string of the molecule is C=C.C=CC(NC(=NC)c1ccccc1)=C(C)C. The van der Waals surface area contributed by atoms with Gasteiger partial charge in [0.25, 0.3) is 0 Å². The first-order valence-corrected chi connectivity index (χ1v) is 5.78. The number of hydrogen-bond acceptors (Lipinski definition) is 1. The van der Waals surface area contributed by atoms with Gasteiger partial charge in [-0.25, -0.2) is 0 Å². The van der Waals surface area contributed by atoms with Crippen LogP contribution in [0.25, 0.3) is 0 Å². The summed E-state index contributed by atoms with van der Waals surface area (Å²) in [6, 6.07) is 10.0. The highest BCUT2D eigenvalue weighted by atomic mass is 15.0. The van der Waals surface area contributed by atoms with Gasteiger partial charge >= 0.3 is 0 Å². The van der Waals surface area contributed by atoms with Crippen LogP contribution in [0.2, 0.25) is 0 Å². The molecule has 0 aliphatic rings. The molecule has 0 amide bonds. The van der Waals surface area contributed by atoms with Crippen molar-refractivity contribution >= 4 is 5.84 Å². The molecule has 0 bridgehead atoms. The van der Waals surface area contributed by atoms with Crippen molar-refractivity contribution in [2.75, 3.05) is 7.05 Å². The summed E-state index contributed by atoms with van der Waals surface area (Å²) in [5.41, 5.74) is 3.27. The fraction of sp³-hybridized carbons (Fsp3) is 0.188. The Morgan fingerprint density at radius 2 is 1.72 bits per heavy atom. The van der Waals surface area contributed by atoms with Crippen molar-refractivity contribution in [2.24, 2.45) is 4.99 Å². The lowest BCUT2D eigenvalue weighted by atomic mass is 10.2. The number of benzene rings is 1. The number of nitrogens with zero attached hydrogens (tertiary/aromatic N) is 1. The van der Waals surface area contributed by atoms with E-state index in [9.17, 15) is 0 Å². The normalized spacial score (nSPS) is 9.83. The second kappa shape index (κ2) is 8.99. The molecule has 0 aliphatic heterocycles. The second-order valence-corrected chi connectivity index (χ2v) is 3.68. The van der Waals surface area contributed by atoms with Crippen LogP contribution in [-0.2, 0) is 0 Å². The molecule has 0 unspecified atom stereocenters. The highest BCUT2D eigenvalue weighted by Gasteiger charge is 2.03. The Morgan fingerprint density at radius 1 is 1.17 bits per heavy atom. The van der Waals surface area contributed by atoms with E-state index in [0.717, 1.165) is 17.1 Å². The molecule has 0 spiro atoms. The summed E-state index contributed by atoms with van der Waals surface area (Å²) in [4.78, 5) is 4.25. The van der Waals surface area contributed by atoms with Crippen LogP contribution in [-0.4, -0.2) is 12.9 Å². The van der Waals surface area contributed by atoms with Gasteiger partial charge < -0.3 is 5.32 Å². The molecular weight excluding hydrogens is 220 g/mol. The van der Waals surface area contributed by atoms with Crippen molar-refractivity contribution in [3.63, 3.8) is 0 Å². The average molecular weight is 242 g/mol. The number of allylic oxidation sites excluding steroid dienone is 2. The van der Waals surface area contributed by atoms with Crippen LogP contribution < -0.4 is 5.32 Å². The fourth-order valence-corrected chi connectivity index (χ4v) is 1.36. The number of rotatable bonds is 3. The van der Waals surface area contributed by atoms with E-state index < -0.39 is 0 Å². The molecule has 0 radical (unpaired) electrons. The Balaban J connectivity index is 0.00000137. The highest BCUT2D eigenvalue weighted by Crippen LogP contribution is 2.05. The van der Waals surface area contributed by atoms with Crippen molar-refractivity contribution < 1.29 is 0 Å². The van der Waals surface area contributed by atoms with Gasteiger partial charge in [-0.05, 0) is 19.9 Å². The maximum atomic E-state index is 4.25. The minimum Gasteiger partial charge on any atom is -0.340 e. The van der Waals surface area contributed by atoms with Gasteiger partial charge in [-0.2, -0.15) is 0 Å². The summed E-state index contributed by atoms with van der Waals surface area (Å²) in [5, 5.41) is 3.28. The Kier molecular flexibility index (Phi) is 7.95. The Labute approximate surface area is 110 Å². The predicted molar refractivity (Wildman–Crippen MR) is 81.9 cm³/mol. The van der Waals surface area contributed by atoms with Gasteiger partial charge in [0.05, 0.1) is 0 Å². The lowest BCUT2D eigenvalue weighted by molar-refractivity contribution is 1.10. The minimum atomic E-state index is 0.858. The lowest BCUT2D eigenvalue weighted by Crippen LogP contribution is -2.23. The quantitative estimate of drug-likeness (QED) is 0.369. The Bertz CT molecular complexity index is 424. The summed E-state index contributed by atoms with van der Waals surface area (Å²) < 4.78 is 0. The maximum absolute atomic E-state index is 4.25. The third-order valence-corrected chi connectivity index (χ3v) is 2.27. The highest BCUT2D eigenvalue weighted by molar-refractivity contribution is 5.99. The van der Waals surface area contributed by atoms with Gasteiger partial charge in [-0.1, -0.05) is 42.5 Å². The Morgan fingerprint density at radius 3 is 2.11 bits per heavy atom. The summed E-state index contributed by atoms with van der Waals surface area (Å²) in [6.07, 6.45) is 1.81. The molecular formula is C16H22N2. The first-order valence-electron chi connectivity index (χ1n) is 5.78. The number of amidine groups is 1. The minimum absolute atomic E-state index is 0.858. The van der Waals surface area contributed by atoms with Crippen molar-refractivity contribution in [1.82, 2.24) is 5.32 Å². The largest absolute Gasteiger partial charge is 0.340 e. The number of hydrogen-bond donors (Lipinski definition) is 1. The lowest BCUT2D eigenvalue weighted by Gasteiger charge is -2.11. The molecule has 0 aromatic heterocycles. The number of nitrogens with one attached hydrogen (secondary N) is 1. The molecule has 0 saturated heterocycles. The van der Waals surface area contributed by atoms with E-state index in [0.29, 0.717) is 0 Å². The topological polar surface area (TPSA) is 24.4 Å². The molecule has 2 heteroatoms. The van der Waals surface area contributed by atoms with Gasteiger partial charge in [0.15, 0.2) is 0 Å². The zero-order valence-electron chi connectivity index (χ0n) is 11.5. The van der Waals surface area contributed by atoms with Crippen LogP contribution in [0, 0.1) is 0 Å². The summed E-state index contributed by atoms with van der Waals surface area (Å²) in [5.74, 6) is 0.858. The van der Waals surface area contributed by atoms with E-state index in [-0.39, 0.29) is 0 Å². The zero-order chi connectivity index (χ0) is 14.0. The standard InChI is InChI=1S/C14H18N2.C2H4/c1-5-13(11(2)3)16-14(15-4)12-9-7-6-8-10-12;1-2/h5-10H,1H2,2-4H3,(H,15,16);1-2H2. The molecule has 1 N–H and O–H groups in total. The summed E-state index contributed by atoms with van der Waals surface area (Å²) in [6.45, 7) is 13.9. The monoisotopic (exact) mass is 242 g/mol. The number of aliphatic imine (C=N–C) groups is 1. The molecule has 0 heterocycles. The summed E-state index contributed by atoms with van der Waals surface area (Å²) in [7, 11) is 1.78. The van der Waals surface area contributed by atoms with E-state index in [1.807, 2.05) is 50.3 Å². The zero-order valence-corrected chi connectivity index (χ0v) is 11.5. The molecule has 96 valence electrons. The van der Waals surface area contributed by atoms with Crippen molar-refractivity contribution in [1.29, 1.82) is 0 Å². The van der Waals surface area contributed by atoms with Crippen LogP contribution in [0.1, 0.15) is 19.4 Å². The summed E-state index contributed by atoms with van der Waals surface area (Å²) >= 11 is 0. The fourth-order valence-electron chi connectivity index (χ4n) is 1.36. The van der Waals surface area contributed by atoms with Gasteiger partial charge in [-0.15, -0.1) is 13.2 Å². The van der Waals surface area contributed by atoms with Crippen LogP contribution in [0.15, 0.2) is 72.4 Å². The molecule has 0 aliphatic carbocycles. The first-order chi connectivity index (χ1) is 8.69. The average Bonchev–Trinajstić information content (AvgIpc) is 2.43. The van der Waals surface area contributed by atoms with Crippen LogP contribution in [0.4, 0.5) is 0 Å². The smallest absolute Gasteiger partial charge is 0.132 e. The van der Waals surface area contributed by atoms with Crippen LogP contribution in [0.3, 0.4) is 0 Å². The van der Waals surface area contributed by atoms with Gasteiger partial charge in [0.1, 0.15) is 5.84 Å². The first kappa shape index (κ1) is 15.9. The maximum Gasteiger partial charge on any atom is 0.132 e. The van der Waals surface area contributed by atoms with E-state index in [2.05, 4.69) is 30.0 Å². The van der Waals surface area contributed by atoms with Gasteiger partial charge in [0, 0.05) is 18.3 Å². The molecule has 2 nitrogen and oxygen atoms in total. The van der Waals surface area contributed by atoms with Crippen molar-refractivity contribution in [3.05, 3.63) is 73.0 Å². The third kappa shape index (κ3) is 4.83. The van der Waals surface area contributed by atoms with Crippen LogP contribution in [0.5, 0.6) is 0 Å². The Hall–Kier alpha value is -2.09. The van der Waals surface area contributed by atoms with E-state index in [1.165, 1.54) is 5.57 Å². The third-order valence-electron chi connectivity index (χ3n) is 2.27. The van der Waals surface area contributed by atoms with Crippen molar-refractivity contribution in [2.45, 2.75) is 13.8 Å². The van der Waals surface area contributed by atoms with E-state index in [1.54, 1.807) is 7.05 Å². The molecule has 1 aromatic rings. The van der Waals surface area contributed by atoms with Gasteiger partial charge in [-0.3, -0.25) is 4.99 Å². The second-order valence-electron chi connectivity index (χ2n) is 3.68. The molecule has 1 rings (SSSR count). The van der Waals surface area contributed by atoms with E-state index in [4.69, 9.17) is 0 Å². The van der Waals surface area contributed by atoms with Gasteiger partial charge in [0.2, 0.25) is 0 Å². The molecule has 1 aromatic carbocycles. The molecule has 0 fully saturated rings. The molecule has 18 heavy (non-hydrogen) atoms. The molecule has 0 atom stereocenters.